The van der Waals surface area contributed by atoms with Gasteiger partial charge in [-0.2, -0.15) is 5.26 Å². The molecule has 0 radical (unpaired) electrons. The predicted octanol–water partition coefficient (Wildman–Crippen LogP) is 3.41. The standard InChI is InChI=1S/C19H15BrN2O5/c1-23-14-3-9(12(20)5-15(14)24-2)18-10-4-16-17(26-8-25-16)6-13(10)27-19(22)11(18)7-21/h3-6,18H,8,22H2,1-2H3. The van der Waals surface area contributed by atoms with E-state index in [2.05, 4.69) is 22.0 Å². The molecule has 2 aromatic rings. The van der Waals surface area contributed by atoms with Crippen LogP contribution in [0.1, 0.15) is 17.0 Å². The molecule has 7 nitrogen and oxygen atoms in total. The summed E-state index contributed by atoms with van der Waals surface area (Å²) in [5.41, 5.74) is 7.88. The summed E-state index contributed by atoms with van der Waals surface area (Å²) in [7, 11) is 3.12. The van der Waals surface area contributed by atoms with Gasteiger partial charge in [-0.25, -0.2) is 0 Å². The second kappa shape index (κ2) is 6.59. The van der Waals surface area contributed by atoms with Gasteiger partial charge in [-0.3, -0.25) is 0 Å². The molecule has 2 aromatic carbocycles. The maximum atomic E-state index is 9.74. The molecule has 8 heteroatoms. The highest BCUT2D eigenvalue weighted by Crippen LogP contribution is 2.50. The Labute approximate surface area is 164 Å². The third kappa shape index (κ3) is 2.71. The molecular formula is C19H15BrN2O5. The average molecular weight is 431 g/mol. The number of fused-ring (bicyclic) bond motifs is 2. The zero-order valence-corrected chi connectivity index (χ0v) is 16.1. The molecule has 27 heavy (non-hydrogen) atoms. The topological polar surface area (TPSA) is 96.0 Å². The third-order valence-electron chi connectivity index (χ3n) is 4.52. The summed E-state index contributed by atoms with van der Waals surface area (Å²) in [6, 6.07) is 9.32. The first kappa shape index (κ1) is 17.4. The molecule has 1 atom stereocenters. The van der Waals surface area contributed by atoms with Crippen LogP contribution < -0.4 is 29.4 Å². The maximum Gasteiger partial charge on any atom is 0.231 e. The highest BCUT2D eigenvalue weighted by Gasteiger charge is 2.34. The molecule has 0 aromatic heterocycles. The van der Waals surface area contributed by atoms with Crippen molar-refractivity contribution < 1.29 is 23.7 Å². The summed E-state index contributed by atoms with van der Waals surface area (Å²) in [6.45, 7) is 0.136. The van der Waals surface area contributed by atoms with E-state index in [4.69, 9.17) is 29.4 Å². The zero-order chi connectivity index (χ0) is 19.1. The van der Waals surface area contributed by atoms with Crippen molar-refractivity contribution in [3.8, 4) is 34.8 Å². The van der Waals surface area contributed by atoms with E-state index in [-0.39, 0.29) is 12.7 Å². The lowest BCUT2D eigenvalue weighted by atomic mass is 9.83. The van der Waals surface area contributed by atoms with Crippen LogP contribution >= 0.6 is 15.9 Å². The molecule has 2 aliphatic rings. The number of benzene rings is 2. The predicted molar refractivity (Wildman–Crippen MR) is 99.1 cm³/mol. The van der Waals surface area contributed by atoms with Crippen LogP contribution in [-0.4, -0.2) is 21.0 Å². The minimum atomic E-state index is -0.470. The average Bonchev–Trinajstić information content (AvgIpc) is 3.12. The highest BCUT2D eigenvalue weighted by molar-refractivity contribution is 9.10. The molecule has 0 fully saturated rings. The smallest absolute Gasteiger partial charge is 0.231 e. The van der Waals surface area contributed by atoms with E-state index < -0.39 is 5.92 Å². The molecule has 2 N–H and O–H groups in total. The van der Waals surface area contributed by atoms with E-state index in [1.54, 1.807) is 26.4 Å². The minimum absolute atomic E-state index is 0.0514. The highest BCUT2D eigenvalue weighted by atomic mass is 79.9. The quantitative estimate of drug-likeness (QED) is 0.796. The molecule has 0 spiro atoms. The van der Waals surface area contributed by atoms with Crippen LogP contribution in [0.5, 0.6) is 28.7 Å². The fourth-order valence-electron chi connectivity index (χ4n) is 3.26. The number of methoxy groups -OCH3 is 2. The third-order valence-corrected chi connectivity index (χ3v) is 5.21. The lowest BCUT2D eigenvalue weighted by Crippen LogP contribution is -2.21. The number of ether oxygens (including phenoxy) is 5. The molecule has 4 rings (SSSR count). The number of hydrogen-bond donors (Lipinski definition) is 1. The molecule has 0 amide bonds. The van der Waals surface area contributed by atoms with E-state index in [1.165, 1.54) is 0 Å². The van der Waals surface area contributed by atoms with Crippen LogP contribution in [0.15, 0.2) is 40.2 Å². The molecule has 0 bridgehead atoms. The number of rotatable bonds is 3. The Morgan fingerprint density at radius 2 is 1.70 bits per heavy atom. The summed E-state index contributed by atoms with van der Waals surface area (Å²) in [4.78, 5) is 0. The van der Waals surface area contributed by atoms with Gasteiger partial charge in [-0.05, 0) is 23.8 Å². The number of halogens is 1. The number of nitrogens with two attached hydrogens (primary N) is 1. The maximum absolute atomic E-state index is 9.74. The minimum Gasteiger partial charge on any atom is -0.493 e. The lowest BCUT2D eigenvalue weighted by Gasteiger charge is -2.27. The fourth-order valence-corrected chi connectivity index (χ4v) is 3.81. The first-order chi connectivity index (χ1) is 13.1. The van der Waals surface area contributed by atoms with Gasteiger partial charge in [-0.15, -0.1) is 0 Å². The summed E-state index contributed by atoms with van der Waals surface area (Å²) in [6.07, 6.45) is 0. The number of hydrogen-bond acceptors (Lipinski definition) is 7. The molecule has 0 saturated carbocycles. The Morgan fingerprint density at radius 3 is 2.37 bits per heavy atom. The molecule has 2 heterocycles. The van der Waals surface area contributed by atoms with Gasteiger partial charge in [0.25, 0.3) is 0 Å². The number of nitriles is 1. The van der Waals surface area contributed by atoms with Crippen molar-refractivity contribution in [2.75, 3.05) is 21.0 Å². The van der Waals surface area contributed by atoms with Gasteiger partial charge in [0.2, 0.25) is 12.7 Å². The number of allylic oxidation sites excluding steroid dienone is 1. The van der Waals surface area contributed by atoms with Crippen LogP contribution in [0.3, 0.4) is 0 Å². The van der Waals surface area contributed by atoms with Crippen molar-refractivity contribution in [2.24, 2.45) is 5.73 Å². The van der Waals surface area contributed by atoms with Crippen molar-refractivity contribution >= 4 is 15.9 Å². The summed E-state index contributed by atoms with van der Waals surface area (Å²) in [5, 5.41) is 9.74. The van der Waals surface area contributed by atoms with Gasteiger partial charge in [0.15, 0.2) is 23.0 Å². The van der Waals surface area contributed by atoms with Crippen LogP contribution in [0, 0.1) is 11.3 Å². The molecule has 0 aliphatic carbocycles. The largest absolute Gasteiger partial charge is 0.493 e. The number of nitrogens with zero attached hydrogens (tertiary/aromatic N) is 1. The van der Waals surface area contributed by atoms with Crippen LogP contribution in [0.2, 0.25) is 0 Å². The van der Waals surface area contributed by atoms with Crippen LogP contribution in [-0.2, 0) is 0 Å². The molecule has 138 valence electrons. The second-order valence-electron chi connectivity index (χ2n) is 5.90. The second-order valence-corrected chi connectivity index (χ2v) is 6.75. The van der Waals surface area contributed by atoms with Gasteiger partial charge in [-0.1, -0.05) is 15.9 Å². The van der Waals surface area contributed by atoms with Crippen molar-refractivity contribution in [3.63, 3.8) is 0 Å². The van der Waals surface area contributed by atoms with E-state index in [9.17, 15) is 5.26 Å². The Bertz CT molecular complexity index is 1010. The summed E-state index contributed by atoms with van der Waals surface area (Å²) >= 11 is 3.57. The molecule has 1 unspecified atom stereocenters. The van der Waals surface area contributed by atoms with Gasteiger partial charge in [0.1, 0.15) is 17.4 Å². The first-order valence-electron chi connectivity index (χ1n) is 8.00. The van der Waals surface area contributed by atoms with Crippen LogP contribution in [0.4, 0.5) is 0 Å². The van der Waals surface area contributed by atoms with Crippen LogP contribution in [0.25, 0.3) is 0 Å². The lowest BCUT2D eigenvalue weighted by molar-refractivity contribution is 0.174. The molecular weight excluding hydrogens is 416 g/mol. The Kier molecular flexibility index (Phi) is 4.24. The normalized spacial score (nSPS) is 17.0. The molecule has 0 saturated heterocycles. The SMILES string of the molecule is COc1cc(Br)c(C2C(C#N)=C(N)Oc3cc4c(cc32)OCO4)cc1OC. The van der Waals surface area contributed by atoms with Gasteiger partial charge in [0, 0.05) is 16.1 Å². The zero-order valence-electron chi connectivity index (χ0n) is 14.5. The van der Waals surface area contributed by atoms with Gasteiger partial charge < -0.3 is 29.4 Å². The Hall–Kier alpha value is -3.05. The first-order valence-corrected chi connectivity index (χ1v) is 8.79. The molecule has 2 aliphatic heterocycles. The van der Waals surface area contributed by atoms with Crippen molar-refractivity contribution in [2.45, 2.75) is 5.92 Å². The monoisotopic (exact) mass is 430 g/mol. The summed E-state index contributed by atoms with van der Waals surface area (Å²) < 4.78 is 28.1. The van der Waals surface area contributed by atoms with E-state index >= 15 is 0 Å². The Morgan fingerprint density at radius 1 is 1.04 bits per heavy atom. The Balaban J connectivity index is 1.95. The van der Waals surface area contributed by atoms with Crippen molar-refractivity contribution in [1.29, 1.82) is 5.26 Å². The van der Waals surface area contributed by atoms with Crippen molar-refractivity contribution in [3.05, 3.63) is 51.3 Å². The van der Waals surface area contributed by atoms with Crippen molar-refractivity contribution in [1.82, 2.24) is 0 Å². The van der Waals surface area contributed by atoms with Gasteiger partial charge >= 0.3 is 0 Å². The summed E-state index contributed by atoms with van der Waals surface area (Å²) in [5.74, 6) is 2.38. The van der Waals surface area contributed by atoms with E-state index in [0.717, 1.165) is 15.6 Å². The van der Waals surface area contributed by atoms with Gasteiger partial charge in [0.05, 0.1) is 20.1 Å². The van der Waals surface area contributed by atoms with E-state index in [1.807, 2.05) is 12.1 Å². The fraction of sp³-hybridized carbons (Fsp3) is 0.211. The van der Waals surface area contributed by atoms with E-state index in [0.29, 0.717) is 34.3 Å².